The third-order valence-corrected chi connectivity index (χ3v) is 3.33. The minimum absolute atomic E-state index is 0.787. The fraction of sp³-hybridized carbons (Fsp3) is 0.727. The molecule has 0 bridgehead atoms. The summed E-state index contributed by atoms with van der Waals surface area (Å²) in [6.07, 6.45) is 4.81. The van der Waals surface area contributed by atoms with Gasteiger partial charge in [0.15, 0.2) is 0 Å². The van der Waals surface area contributed by atoms with Crippen LogP contribution >= 0.6 is 0 Å². The Morgan fingerprint density at radius 2 is 2.36 bits per heavy atom. The van der Waals surface area contributed by atoms with E-state index in [2.05, 4.69) is 19.1 Å². The third kappa shape index (κ3) is 1.57. The van der Waals surface area contributed by atoms with Gasteiger partial charge in [0, 0.05) is 12.7 Å². The van der Waals surface area contributed by atoms with Crippen LogP contribution in [0.2, 0.25) is 0 Å². The van der Waals surface area contributed by atoms with E-state index in [1.165, 1.54) is 36.2 Å². The largest absolute Gasteiger partial charge is 0.330 e. The van der Waals surface area contributed by atoms with Crippen LogP contribution in [-0.2, 0) is 19.9 Å². The van der Waals surface area contributed by atoms with E-state index in [1.807, 2.05) is 4.68 Å². The Morgan fingerprint density at radius 1 is 1.57 bits per heavy atom. The zero-order valence-corrected chi connectivity index (χ0v) is 9.08. The van der Waals surface area contributed by atoms with Gasteiger partial charge in [-0.1, -0.05) is 0 Å². The summed E-state index contributed by atoms with van der Waals surface area (Å²) in [6.45, 7) is 2.93. The van der Waals surface area contributed by atoms with Gasteiger partial charge in [0.2, 0.25) is 0 Å². The molecule has 0 saturated heterocycles. The van der Waals surface area contributed by atoms with Gasteiger partial charge in [-0.05, 0) is 50.6 Å². The smallest absolute Gasteiger partial charge is 0.0628 e. The lowest BCUT2D eigenvalue weighted by Gasteiger charge is -2.22. The molecule has 0 aliphatic heterocycles. The molecule has 0 spiro atoms. The first-order valence-corrected chi connectivity index (χ1v) is 5.43. The van der Waals surface area contributed by atoms with Crippen molar-refractivity contribution in [2.45, 2.75) is 32.6 Å². The molecule has 0 radical (unpaired) electrons. The number of aryl methyl sites for hydroxylation is 2. The second-order valence-electron chi connectivity index (χ2n) is 4.32. The van der Waals surface area contributed by atoms with E-state index in [0.717, 1.165) is 18.9 Å². The summed E-state index contributed by atoms with van der Waals surface area (Å²) < 4.78 is 2.04. The molecule has 1 atom stereocenters. The number of nitrogens with zero attached hydrogens (tertiary/aromatic N) is 2. The van der Waals surface area contributed by atoms with Gasteiger partial charge >= 0.3 is 0 Å². The summed E-state index contributed by atoms with van der Waals surface area (Å²) >= 11 is 0. The number of fused-ring (bicyclic) bond motifs is 1. The Balaban J connectivity index is 2.21. The maximum Gasteiger partial charge on any atom is 0.0628 e. The van der Waals surface area contributed by atoms with Crippen molar-refractivity contribution in [3.05, 3.63) is 17.0 Å². The molecule has 3 nitrogen and oxygen atoms in total. The van der Waals surface area contributed by atoms with E-state index in [9.17, 15) is 0 Å². The van der Waals surface area contributed by atoms with Gasteiger partial charge in [-0.2, -0.15) is 5.10 Å². The molecule has 1 aromatic heterocycles. The van der Waals surface area contributed by atoms with Gasteiger partial charge in [0.1, 0.15) is 0 Å². The van der Waals surface area contributed by atoms with Gasteiger partial charge in [-0.3, -0.25) is 4.68 Å². The highest BCUT2D eigenvalue weighted by atomic mass is 15.3. The second-order valence-corrected chi connectivity index (χ2v) is 4.32. The molecule has 1 unspecified atom stereocenters. The highest BCUT2D eigenvalue weighted by Crippen LogP contribution is 2.28. The predicted octanol–water partition coefficient (Wildman–Crippen LogP) is 1.18. The molecule has 1 aliphatic carbocycles. The van der Waals surface area contributed by atoms with Gasteiger partial charge in [-0.15, -0.1) is 0 Å². The number of aromatic nitrogens is 2. The first-order valence-electron chi connectivity index (χ1n) is 5.43. The quantitative estimate of drug-likeness (QED) is 0.766. The molecule has 2 N–H and O–H groups in total. The molecule has 3 heteroatoms. The van der Waals surface area contributed by atoms with Gasteiger partial charge < -0.3 is 5.73 Å². The molecule has 0 amide bonds. The molecule has 2 rings (SSSR count). The summed E-state index contributed by atoms with van der Waals surface area (Å²) in [5.74, 6) is 0.787. The lowest BCUT2D eigenvalue weighted by atomic mass is 9.84. The standard InChI is InChI=1S/C11H19N3/c1-8-10-7-9(5-6-12)3-4-11(10)14(2)13-8/h9H,3-7,12H2,1-2H3. The van der Waals surface area contributed by atoms with E-state index in [-0.39, 0.29) is 0 Å². The van der Waals surface area contributed by atoms with Crippen LogP contribution in [-0.4, -0.2) is 16.3 Å². The van der Waals surface area contributed by atoms with Crippen molar-refractivity contribution < 1.29 is 0 Å². The molecule has 1 heterocycles. The highest BCUT2D eigenvalue weighted by Gasteiger charge is 2.22. The Kier molecular flexibility index (Phi) is 2.59. The molecule has 78 valence electrons. The Hall–Kier alpha value is -0.830. The molecular weight excluding hydrogens is 174 g/mol. The van der Waals surface area contributed by atoms with Crippen molar-refractivity contribution in [1.82, 2.24) is 9.78 Å². The van der Waals surface area contributed by atoms with Crippen LogP contribution < -0.4 is 5.73 Å². The van der Waals surface area contributed by atoms with Crippen molar-refractivity contribution in [3.8, 4) is 0 Å². The van der Waals surface area contributed by atoms with E-state index < -0.39 is 0 Å². The maximum absolute atomic E-state index is 5.60. The topological polar surface area (TPSA) is 43.8 Å². The lowest BCUT2D eigenvalue weighted by Crippen LogP contribution is -2.18. The van der Waals surface area contributed by atoms with Crippen LogP contribution in [0.5, 0.6) is 0 Å². The Morgan fingerprint density at radius 3 is 3.07 bits per heavy atom. The molecule has 0 aromatic carbocycles. The van der Waals surface area contributed by atoms with Gasteiger partial charge in [0.05, 0.1) is 5.69 Å². The van der Waals surface area contributed by atoms with Gasteiger partial charge in [-0.25, -0.2) is 0 Å². The molecule has 14 heavy (non-hydrogen) atoms. The molecule has 1 aromatic rings. The van der Waals surface area contributed by atoms with Crippen molar-refractivity contribution in [1.29, 1.82) is 0 Å². The summed E-state index contributed by atoms with van der Waals surface area (Å²) in [6, 6.07) is 0. The zero-order valence-electron chi connectivity index (χ0n) is 9.08. The van der Waals surface area contributed by atoms with Gasteiger partial charge in [0.25, 0.3) is 0 Å². The minimum atomic E-state index is 0.787. The summed E-state index contributed by atoms with van der Waals surface area (Å²) in [4.78, 5) is 0. The average Bonchev–Trinajstić information content (AvgIpc) is 2.43. The van der Waals surface area contributed by atoms with Crippen LogP contribution in [0.1, 0.15) is 29.8 Å². The van der Waals surface area contributed by atoms with Crippen LogP contribution in [0, 0.1) is 12.8 Å². The number of hydrogen-bond donors (Lipinski definition) is 1. The third-order valence-electron chi connectivity index (χ3n) is 3.33. The summed E-state index contributed by atoms with van der Waals surface area (Å²) in [5, 5.41) is 4.47. The monoisotopic (exact) mass is 193 g/mol. The second kappa shape index (κ2) is 3.73. The minimum Gasteiger partial charge on any atom is -0.330 e. The van der Waals surface area contributed by atoms with Crippen molar-refractivity contribution in [3.63, 3.8) is 0 Å². The highest BCUT2D eigenvalue weighted by molar-refractivity contribution is 5.28. The molecular formula is C11H19N3. The normalized spacial score (nSPS) is 20.9. The van der Waals surface area contributed by atoms with E-state index >= 15 is 0 Å². The van der Waals surface area contributed by atoms with E-state index in [4.69, 9.17) is 5.73 Å². The van der Waals surface area contributed by atoms with Crippen molar-refractivity contribution >= 4 is 0 Å². The fourth-order valence-electron chi connectivity index (χ4n) is 2.54. The fourth-order valence-corrected chi connectivity index (χ4v) is 2.54. The van der Waals surface area contributed by atoms with Crippen LogP contribution in [0.4, 0.5) is 0 Å². The SMILES string of the molecule is Cc1nn(C)c2c1CC(CCN)CC2. The zero-order chi connectivity index (χ0) is 10.1. The Bertz CT molecular complexity index is 328. The van der Waals surface area contributed by atoms with E-state index in [1.54, 1.807) is 0 Å². The molecule has 1 aliphatic rings. The van der Waals surface area contributed by atoms with Crippen LogP contribution in [0.3, 0.4) is 0 Å². The number of hydrogen-bond acceptors (Lipinski definition) is 2. The van der Waals surface area contributed by atoms with Crippen molar-refractivity contribution in [2.75, 3.05) is 6.54 Å². The summed E-state index contributed by atoms with van der Waals surface area (Å²) in [5.41, 5.74) is 9.74. The molecule has 0 saturated carbocycles. The number of rotatable bonds is 2. The predicted molar refractivity (Wildman–Crippen MR) is 57.1 cm³/mol. The lowest BCUT2D eigenvalue weighted by molar-refractivity contribution is 0.424. The summed E-state index contributed by atoms with van der Waals surface area (Å²) in [7, 11) is 2.05. The van der Waals surface area contributed by atoms with Crippen LogP contribution in [0.15, 0.2) is 0 Å². The first kappa shape index (κ1) is 9.71. The number of nitrogens with two attached hydrogens (primary N) is 1. The van der Waals surface area contributed by atoms with E-state index in [0.29, 0.717) is 0 Å². The maximum atomic E-state index is 5.60. The van der Waals surface area contributed by atoms with Crippen molar-refractivity contribution in [2.24, 2.45) is 18.7 Å². The Labute approximate surface area is 85.3 Å². The van der Waals surface area contributed by atoms with Crippen LogP contribution in [0.25, 0.3) is 0 Å². The first-order chi connectivity index (χ1) is 6.72. The average molecular weight is 193 g/mol. The molecule has 0 fully saturated rings.